The number of amides is 1. The summed E-state index contributed by atoms with van der Waals surface area (Å²) in [7, 11) is 0. The normalized spacial score (nSPS) is 17.4. The molecule has 1 fully saturated rings. The summed E-state index contributed by atoms with van der Waals surface area (Å²) in [6.45, 7) is 6.58. The van der Waals surface area contributed by atoms with Crippen LogP contribution in [0.2, 0.25) is 0 Å². The fourth-order valence-electron chi connectivity index (χ4n) is 5.10. The Morgan fingerprint density at radius 3 is 2.84 bits per heavy atom. The maximum absolute atomic E-state index is 12.8. The number of aromatic nitrogens is 1. The molecule has 10 heteroatoms. The van der Waals surface area contributed by atoms with Gasteiger partial charge in [-0.2, -0.15) is 0 Å². The number of hydrogen-bond acceptors (Lipinski definition) is 8. The van der Waals surface area contributed by atoms with Crippen molar-refractivity contribution in [2.45, 2.75) is 64.6 Å². The zero-order chi connectivity index (χ0) is 27.1. The number of aliphatic hydroxyl groups excluding tert-OH is 1. The molecule has 0 radical (unpaired) electrons. The second-order valence-electron chi connectivity index (χ2n) is 10.2. The molecular formula is C28H38IN5O4. The van der Waals surface area contributed by atoms with E-state index in [4.69, 9.17) is 13.5 Å². The fraction of sp³-hybridized carbons (Fsp3) is 0.500. The number of halogens is 1. The summed E-state index contributed by atoms with van der Waals surface area (Å²) in [5, 5.41) is 16.3. The van der Waals surface area contributed by atoms with Gasteiger partial charge in [-0.05, 0) is 68.0 Å². The van der Waals surface area contributed by atoms with Crippen molar-refractivity contribution in [2.24, 2.45) is 5.73 Å². The molecule has 2 aromatic rings. The predicted molar refractivity (Wildman–Crippen MR) is 157 cm³/mol. The number of carbonyl (C=O) groups is 1. The third-order valence-electron chi connectivity index (χ3n) is 7.34. The molecular weight excluding hydrogens is 597 g/mol. The number of rotatable bonds is 11. The molecule has 1 aromatic carbocycles. The number of benzene rings is 1. The van der Waals surface area contributed by atoms with Gasteiger partial charge < -0.3 is 29.3 Å². The Morgan fingerprint density at radius 2 is 2.11 bits per heavy atom. The van der Waals surface area contributed by atoms with Gasteiger partial charge >= 0.3 is 0 Å². The molecule has 1 amide bonds. The van der Waals surface area contributed by atoms with Crippen molar-refractivity contribution in [1.82, 2.24) is 15.2 Å². The molecule has 0 spiro atoms. The monoisotopic (exact) mass is 635 g/mol. The van der Waals surface area contributed by atoms with E-state index in [0.717, 1.165) is 49.5 Å². The highest BCUT2D eigenvalue weighted by atomic mass is 127. The van der Waals surface area contributed by atoms with Crippen molar-refractivity contribution < 1.29 is 17.7 Å². The maximum atomic E-state index is 12.8. The number of nitrogens with zero attached hydrogens (tertiary/aromatic N) is 2. The summed E-state index contributed by atoms with van der Waals surface area (Å²) in [4.78, 5) is 19.6. The summed E-state index contributed by atoms with van der Waals surface area (Å²) < 4.78 is 11.5. The minimum Gasteiger partial charge on any atom is -0.507 e. The number of aliphatic hydroxyl groups is 1. The van der Waals surface area contributed by atoms with Gasteiger partial charge in [0.1, 0.15) is 46.9 Å². The molecule has 38 heavy (non-hydrogen) atoms. The van der Waals surface area contributed by atoms with Gasteiger partial charge in [-0.3, -0.25) is 9.69 Å². The van der Waals surface area contributed by atoms with Gasteiger partial charge in [-0.15, -0.1) is 0 Å². The Labute approximate surface area is 238 Å². The number of ether oxygens (including phenoxy) is 1. The first-order valence-electron chi connectivity index (χ1n) is 13.2. The largest absolute Gasteiger partial charge is 0.507 e. The lowest BCUT2D eigenvalue weighted by Gasteiger charge is -2.32. The van der Waals surface area contributed by atoms with Gasteiger partial charge in [-0.25, -0.2) is 4.98 Å². The summed E-state index contributed by atoms with van der Waals surface area (Å²) in [6, 6.07) is 8.05. The quantitative estimate of drug-likeness (QED) is 0.212. The minimum absolute atomic E-state index is 0.0512. The predicted octanol–water partition coefficient (Wildman–Crippen LogP) is 4.39. The Balaban J connectivity index is 1.29. The fourth-order valence-corrected chi connectivity index (χ4v) is 5.44. The number of allylic oxidation sites excluding steroid dienone is 1. The second-order valence-corrected chi connectivity index (χ2v) is 10.7. The molecule has 206 valence electrons. The van der Waals surface area contributed by atoms with Crippen LogP contribution >= 0.6 is 23.0 Å². The number of nitrogens with two attached hydrogens (primary N) is 1. The highest BCUT2D eigenvalue weighted by molar-refractivity contribution is 14.1. The van der Waals surface area contributed by atoms with E-state index in [1.807, 2.05) is 35.1 Å². The number of hydrogen-bond donors (Lipinski definition) is 4. The van der Waals surface area contributed by atoms with E-state index in [9.17, 15) is 9.90 Å². The molecule has 1 unspecified atom stereocenters. The standard InChI is InChI=1S/C28H38IN5O4/c1-18-24-10-12-34(15-21(24)7-8-26(18)37-17-25(35)19(2)30)16-23(38-29)14-32-28(36)20-9-11-31-27(13-20)33-22-5-3-4-6-22/h7-9,11,13,22-23,35H,3-6,10,12,14-17,30H2,1-2H3,(H,31,33)(H,32,36)/b25-19-. The van der Waals surface area contributed by atoms with Crippen LogP contribution in [0.1, 0.15) is 59.7 Å². The van der Waals surface area contributed by atoms with Crippen molar-refractivity contribution in [3.63, 3.8) is 0 Å². The van der Waals surface area contributed by atoms with E-state index in [0.29, 0.717) is 30.4 Å². The van der Waals surface area contributed by atoms with Crippen LogP contribution in [0, 0.1) is 6.92 Å². The third kappa shape index (κ3) is 7.51. The number of carbonyl (C=O) groups excluding carboxylic acids is 1. The number of nitrogens with one attached hydrogen (secondary N) is 2. The molecule has 9 nitrogen and oxygen atoms in total. The third-order valence-corrected chi connectivity index (χ3v) is 8.06. The van der Waals surface area contributed by atoms with E-state index >= 15 is 0 Å². The van der Waals surface area contributed by atoms with Gasteiger partial charge in [0.05, 0.1) is 6.10 Å². The Kier molecular flexibility index (Phi) is 10.1. The summed E-state index contributed by atoms with van der Waals surface area (Å²) in [5.41, 5.74) is 10.2. The SMILES string of the molecule is C/C(N)=C(/O)COc1ccc2c(c1C)CCN(CC(CNC(=O)c1ccnc(NC3CCCC3)c1)OI)C2. The molecule has 2 aliphatic rings. The molecule has 1 aliphatic heterocycles. The van der Waals surface area contributed by atoms with Gasteiger partial charge in [0.15, 0.2) is 0 Å². The van der Waals surface area contributed by atoms with Crippen LogP contribution in [0.5, 0.6) is 5.75 Å². The highest BCUT2D eigenvalue weighted by Gasteiger charge is 2.23. The van der Waals surface area contributed by atoms with Crippen molar-refractivity contribution in [3.8, 4) is 5.75 Å². The second kappa shape index (κ2) is 13.5. The molecule has 1 atom stereocenters. The average Bonchev–Trinajstić information content (AvgIpc) is 3.43. The summed E-state index contributed by atoms with van der Waals surface area (Å²) >= 11 is 1.92. The zero-order valence-corrected chi connectivity index (χ0v) is 24.3. The molecule has 0 saturated heterocycles. The van der Waals surface area contributed by atoms with Crippen molar-refractivity contribution >= 4 is 34.7 Å². The van der Waals surface area contributed by atoms with Crippen LogP contribution in [0.15, 0.2) is 41.9 Å². The van der Waals surface area contributed by atoms with E-state index in [-0.39, 0.29) is 24.4 Å². The summed E-state index contributed by atoms with van der Waals surface area (Å²) in [5.74, 6) is 1.44. The van der Waals surface area contributed by atoms with Crippen LogP contribution in [0.3, 0.4) is 0 Å². The van der Waals surface area contributed by atoms with Crippen molar-refractivity contribution in [3.05, 3.63) is 64.2 Å². The van der Waals surface area contributed by atoms with Gasteiger partial charge in [0, 0.05) is 49.7 Å². The van der Waals surface area contributed by atoms with Crippen LogP contribution in [0.4, 0.5) is 5.82 Å². The van der Waals surface area contributed by atoms with Crippen molar-refractivity contribution in [1.29, 1.82) is 0 Å². The van der Waals surface area contributed by atoms with Crippen LogP contribution < -0.4 is 21.1 Å². The van der Waals surface area contributed by atoms with E-state index in [2.05, 4.69) is 33.5 Å². The first kappa shape index (κ1) is 28.4. The lowest BCUT2D eigenvalue weighted by atomic mass is 9.94. The van der Waals surface area contributed by atoms with Crippen LogP contribution in [0.25, 0.3) is 0 Å². The highest BCUT2D eigenvalue weighted by Crippen LogP contribution is 2.30. The van der Waals surface area contributed by atoms with Crippen LogP contribution in [-0.4, -0.2) is 59.3 Å². The van der Waals surface area contributed by atoms with E-state index in [1.54, 1.807) is 19.2 Å². The zero-order valence-electron chi connectivity index (χ0n) is 22.1. The molecule has 1 aromatic heterocycles. The molecule has 4 rings (SSSR count). The van der Waals surface area contributed by atoms with E-state index in [1.165, 1.54) is 24.0 Å². The molecule has 5 N–H and O–H groups in total. The number of anilines is 1. The topological polar surface area (TPSA) is 122 Å². The Bertz CT molecular complexity index is 1150. The van der Waals surface area contributed by atoms with Gasteiger partial charge in [0.25, 0.3) is 5.91 Å². The molecule has 0 bridgehead atoms. The van der Waals surface area contributed by atoms with Gasteiger partial charge in [-0.1, -0.05) is 18.9 Å². The molecule has 2 heterocycles. The van der Waals surface area contributed by atoms with E-state index < -0.39 is 0 Å². The Hall–Kier alpha value is -2.57. The summed E-state index contributed by atoms with van der Waals surface area (Å²) in [6.07, 6.45) is 7.22. The molecule has 1 saturated carbocycles. The number of fused-ring (bicyclic) bond motifs is 1. The minimum atomic E-state index is -0.142. The molecule has 1 aliphatic carbocycles. The van der Waals surface area contributed by atoms with Crippen molar-refractivity contribution in [2.75, 3.05) is 31.6 Å². The Morgan fingerprint density at radius 1 is 1.32 bits per heavy atom. The first-order chi connectivity index (χ1) is 18.3. The smallest absolute Gasteiger partial charge is 0.251 e. The average molecular weight is 636 g/mol. The lowest BCUT2D eigenvalue weighted by molar-refractivity contribution is 0.0922. The maximum Gasteiger partial charge on any atom is 0.251 e. The lowest BCUT2D eigenvalue weighted by Crippen LogP contribution is -2.42. The number of pyridine rings is 1. The van der Waals surface area contributed by atoms with Crippen LogP contribution in [-0.2, 0) is 16.0 Å². The first-order valence-corrected chi connectivity index (χ1v) is 14.1. The van der Waals surface area contributed by atoms with Gasteiger partial charge in [0.2, 0.25) is 0 Å².